The van der Waals surface area contributed by atoms with Crippen molar-refractivity contribution in [3.63, 3.8) is 0 Å². The Morgan fingerprint density at radius 3 is 2.73 bits per heavy atom. The van der Waals surface area contributed by atoms with E-state index in [0.29, 0.717) is 0 Å². The molecule has 1 aromatic carbocycles. The molecule has 0 bridgehead atoms. The number of benzene rings is 1. The Bertz CT molecular complexity index is 712. The Hall–Kier alpha value is -2.12. The Balaban J connectivity index is 1.85. The fourth-order valence-electron chi connectivity index (χ4n) is 3.01. The minimum Gasteiger partial charge on any atom is -0.368 e. The highest BCUT2D eigenvalue weighted by atomic mass is 19.1. The highest BCUT2D eigenvalue weighted by Crippen LogP contribution is 2.28. The lowest BCUT2D eigenvalue weighted by molar-refractivity contribution is 0.264. The number of aromatic nitrogens is 1. The molecule has 0 saturated carbocycles. The standard InChI is InChI=1S/C18H20FN3/c1-3-4-7-21-8-10-22(11-9-21)18-12-14(2)20-17-6-5-15(19)13-16(17)18/h1,5-6,12-13H,4,7-11H2,2H3. The van der Waals surface area contributed by atoms with Crippen LogP contribution in [0.1, 0.15) is 12.1 Å². The predicted octanol–water partition coefficient (Wildman–Crippen LogP) is 2.83. The van der Waals surface area contributed by atoms with Crippen molar-refractivity contribution in [3.05, 3.63) is 35.8 Å². The first kappa shape index (κ1) is 14.8. The average Bonchev–Trinajstić information content (AvgIpc) is 2.53. The van der Waals surface area contributed by atoms with Gasteiger partial charge in [0.1, 0.15) is 5.82 Å². The Morgan fingerprint density at radius 1 is 1.23 bits per heavy atom. The number of rotatable bonds is 3. The number of halogens is 1. The van der Waals surface area contributed by atoms with E-state index < -0.39 is 0 Å². The molecule has 1 fully saturated rings. The summed E-state index contributed by atoms with van der Waals surface area (Å²) in [7, 11) is 0. The summed E-state index contributed by atoms with van der Waals surface area (Å²) in [5.41, 5.74) is 2.90. The lowest BCUT2D eigenvalue weighted by Crippen LogP contribution is -2.46. The highest BCUT2D eigenvalue weighted by Gasteiger charge is 2.19. The van der Waals surface area contributed by atoms with Gasteiger partial charge in [-0.2, -0.15) is 0 Å². The van der Waals surface area contributed by atoms with Crippen LogP contribution >= 0.6 is 0 Å². The molecule has 0 radical (unpaired) electrons. The number of aryl methyl sites for hydroxylation is 1. The van der Waals surface area contributed by atoms with E-state index in [0.717, 1.165) is 61.4 Å². The van der Waals surface area contributed by atoms with Crippen LogP contribution in [0.5, 0.6) is 0 Å². The van der Waals surface area contributed by atoms with Crippen molar-refractivity contribution in [1.29, 1.82) is 0 Å². The van der Waals surface area contributed by atoms with Crippen LogP contribution in [0.4, 0.5) is 10.1 Å². The van der Waals surface area contributed by atoms with Crippen molar-refractivity contribution in [1.82, 2.24) is 9.88 Å². The number of anilines is 1. The number of nitrogens with zero attached hydrogens (tertiary/aromatic N) is 3. The molecular formula is C18H20FN3. The smallest absolute Gasteiger partial charge is 0.124 e. The van der Waals surface area contributed by atoms with Gasteiger partial charge < -0.3 is 4.90 Å². The van der Waals surface area contributed by atoms with Crippen LogP contribution in [0.25, 0.3) is 10.9 Å². The monoisotopic (exact) mass is 297 g/mol. The van der Waals surface area contributed by atoms with Crippen LogP contribution < -0.4 is 4.90 Å². The van der Waals surface area contributed by atoms with Gasteiger partial charge >= 0.3 is 0 Å². The second kappa shape index (κ2) is 6.33. The van der Waals surface area contributed by atoms with Gasteiger partial charge in [0.25, 0.3) is 0 Å². The van der Waals surface area contributed by atoms with Gasteiger partial charge in [-0.05, 0) is 31.2 Å². The topological polar surface area (TPSA) is 19.4 Å². The third kappa shape index (κ3) is 3.05. The van der Waals surface area contributed by atoms with Crippen LogP contribution in [0.15, 0.2) is 24.3 Å². The summed E-state index contributed by atoms with van der Waals surface area (Å²) in [6.45, 7) is 6.77. The molecule has 1 aromatic heterocycles. The summed E-state index contributed by atoms with van der Waals surface area (Å²) >= 11 is 0. The second-order valence-corrected chi connectivity index (χ2v) is 5.73. The number of pyridine rings is 1. The fraction of sp³-hybridized carbons (Fsp3) is 0.389. The number of hydrogen-bond donors (Lipinski definition) is 0. The van der Waals surface area contributed by atoms with Crippen molar-refractivity contribution in [2.24, 2.45) is 0 Å². The molecule has 1 aliphatic heterocycles. The molecular weight excluding hydrogens is 277 g/mol. The number of piperazine rings is 1. The van der Waals surface area contributed by atoms with Crippen LogP contribution in [0.3, 0.4) is 0 Å². The molecule has 0 N–H and O–H groups in total. The molecule has 114 valence electrons. The Labute approximate surface area is 130 Å². The van der Waals surface area contributed by atoms with E-state index in [9.17, 15) is 4.39 Å². The molecule has 1 saturated heterocycles. The van der Waals surface area contributed by atoms with Gasteiger partial charge in [-0.1, -0.05) is 0 Å². The van der Waals surface area contributed by atoms with Gasteiger partial charge in [0.05, 0.1) is 5.52 Å². The molecule has 0 unspecified atom stereocenters. The zero-order valence-corrected chi connectivity index (χ0v) is 12.8. The quantitative estimate of drug-likeness (QED) is 0.812. The largest absolute Gasteiger partial charge is 0.368 e. The van der Waals surface area contributed by atoms with Gasteiger partial charge in [0, 0.05) is 55.9 Å². The Kier molecular flexibility index (Phi) is 4.26. The SMILES string of the molecule is C#CCCN1CCN(c2cc(C)nc3ccc(F)cc23)CC1. The lowest BCUT2D eigenvalue weighted by Gasteiger charge is -2.36. The molecule has 2 heterocycles. The Morgan fingerprint density at radius 2 is 2.00 bits per heavy atom. The van der Waals surface area contributed by atoms with E-state index in [1.807, 2.05) is 6.92 Å². The van der Waals surface area contributed by atoms with E-state index in [1.165, 1.54) is 6.07 Å². The first-order valence-electron chi connectivity index (χ1n) is 7.65. The maximum atomic E-state index is 13.6. The van der Waals surface area contributed by atoms with Crippen molar-refractivity contribution in [2.75, 3.05) is 37.6 Å². The zero-order chi connectivity index (χ0) is 15.5. The molecule has 3 rings (SSSR count). The number of fused-ring (bicyclic) bond motifs is 1. The van der Waals surface area contributed by atoms with Crippen LogP contribution in [-0.2, 0) is 0 Å². The maximum Gasteiger partial charge on any atom is 0.124 e. The van der Waals surface area contributed by atoms with Gasteiger partial charge in [-0.25, -0.2) is 4.39 Å². The first-order chi connectivity index (χ1) is 10.7. The summed E-state index contributed by atoms with van der Waals surface area (Å²) in [6.07, 6.45) is 6.12. The average molecular weight is 297 g/mol. The van der Waals surface area contributed by atoms with E-state index in [4.69, 9.17) is 6.42 Å². The highest BCUT2D eigenvalue weighted by molar-refractivity contribution is 5.92. The third-order valence-corrected chi connectivity index (χ3v) is 4.16. The predicted molar refractivity (Wildman–Crippen MR) is 88.5 cm³/mol. The van der Waals surface area contributed by atoms with Gasteiger partial charge in [0.2, 0.25) is 0 Å². The van der Waals surface area contributed by atoms with Crippen molar-refractivity contribution in [2.45, 2.75) is 13.3 Å². The first-order valence-corrected chi connectivity index (χ1v) is 7.65. The molecule has 3 nitrogen and oxygen atoms in total. The minimum atomic E-state index is -0.216. The molecule has 0 aliphatic carbocycles. The van der Waals surface area contributed by atoms with E-state index >= 15 is 0 Å². The van der Waals surface area contributed by atoms with Crippen molar-refractivity contribution in [3.8, 4) is 12.3 Å². The van der Waals surface area contributed by atoms with Gasteiger partial charge in [-0.15, -0.1) is 12.3 Å². The fourth-order valence-corrected chi connectivity index (χ4v) is 3.01. The molecule has 1 aliphatic rings. The molecule has 4 heteroatoms. The molecule has 0 spiro atoms. The summed E-state index contributed by atoms with van der Waals surface area (Å²) in [4.78, 5) is 9.21. The lowest BCUT2D eigenvalue weighted by atomic mass is 10.1. The van der Waals surface area contributed by atoms with E-state index in [2.05, 4.69) is 26.8 Å². The molecule has 2 aromatic rings. The van der Waals surface area contributed by atoms with E-state index in [-0.39, 0.29) is 5.82 Å². The van der Waals surface area contributed by atoms with Gasteiger partial charge in [-0.3, -0.25) is 9.88 Å². The van der Waals surface area contributed by atoms with Crippen LogP contribution in [-0.4, -0.2) is 42.6 Å². The normalized spacial score (nSPS) is 16.0. The summed E-state index contributed by atoms with van der Waals surface area (Å²) in [5.74, 6) is 2.47. The molecule has 22 heavy (non-hydrogen) atoms. The van der Waals surface area contributed by atoms with Gasteiger partial charge in [0.15, 0.2) is 0 Å². The summed E-state index contributed by atoms with van der Waals surface area (Å²) in [6, 6.07) is 6.86. The second-order valence-electron chi connectivity index (χ2n) is 5.73. The summed E-state index contributed by atoms with van der Waals surface area (Å²) in [5, 5.41) is 0.891. The third-order valence-electron chi connectivity index (χ3n) is 4.16. The summed E-state index contributed by atoms with van der Waals surface area (Å²) < 4.78 is 13.6. The number of terminal acetylenes is 1. The minimum absolute atomic E-state index is 0.216. The molecule has 0 atom stereocenters. The van der Waals surface area contributed by atoms with Crippen LogP contribution in [0, 0.1) is 25.1 Å². The maximum absolute atomic E-state index is 13.6. The van der Waals surface area contributed by atoms with Crippen LogP contribution in [0.2, 0.25) is 0 Å². The number of hydrogen-bond acceptors (Lipinski definition) is 3. The zero-order valence-electron chi connectivity index (χ0n) is 12.8. The van der Waals surface area contributed by atoms with E-state index in [1.54, 1.807) is 12.1 Å². The molecule has 0 amide bonds. The van der Waals surface area contributed by atoms with Crippen molar-refractivity contribution < 1.29 is 4.39 Å². The van der Waals surface area contributed by atoms with Crippen molar-refractivity contribution >= 4 is 16.6 Å².